The molecule has 0 bridgehead atoms. The Labute approximate surface area is 142 Å². The zero-order chi connectivity index (χ0) is 16.9. The first-order valence-corrected chi connectivity index (χ1v) is 9.64. The zero-order valence-corrected chi connectivity index (χ0v) is 14.5. The summed E-state index contributed by atoms with van der Waals surface area (Å²) in [6.45, 7) is 2.30. The van der Waals surface area contributed by atoms with Crippen LogP contribution in [0, 0.1) is 40.6 Å². The van der Waals surface area contributed by atoms with Crippen LogP contribution in [0.15, 0.2) is 12.1 Å². The Morgan fingerprint density at radius 1 is 0.875 bits per heavy atom. The predicted molar refractivity (Wildman–Crippen MR) is 89.2 cm³/mol. The van der Waals surface area contributed by atoms with Crippen LogP contribution in [-0.2, 0) is 0 Å². The minimum atomic E-state index is -1.35. The molecule has 1 aromatic carbocycles. The van der Waals surface area contributed by atoms with Crippen LogP contribution in [0.2, 0.25) is 0 Å². The standard InChI is InChI=1S/C21H27F3/c1-2-13-3-5-14(6-4-13)16-9-21(10-16)11-17(12-21)15-7-18(22)20(24)19(23)8-15/h7-8,13-14,16-17H,2-6,9-12H2,1H3. The maximum atomic E-state index is 13.4. The van der Waals surface area contributed by atoms with Crippen molar-refractivity contribution in [3.8, 4) is 0 Å². The van der Waals surface area contributed by atoms with E-state index in [0.29, 0.717) is 11.0 Å². The molecule has 132 valence electrons. The molecular formula is C21H27F3. The predicted octanol–water partition coefficient (Wildman–Crippen LogP) is 6.59. The van der Waals surface area contributed by atoms with Crippen molar-refractivity contribution in [2.24, 2.45) is 23.2 Å². The molecule has 3 aliphatic rings. The molecule has 0 heterocycles. The molecule has 3 aliphatic carbocycles. The monoisotopic (exact) mass is 336 g/mol. The van der Waals surface area contributed by atoms with E-state index in [0.717, 1.165) is 30.6 Å². The lowest BCUT2D eigenvalue weighted by Crippen LogP contribution is -2.49. The average Bonchev–Trinajstić information content (AvgIpc) is 2.50. The molecule has 4 rings (SSSR count). The molecule has 0 aliphatic heterocycles. The normalized spacial score (nSPS) is 38.7. The van der Waals surface area contributed by atoms with E-state index in [9.17, 15) is 13.2 Å². The summed E-state index contributed by atoms with van der Waals surface area (Å²) >= 11 is 0. The third kappa shape index (κ3) is 2.78. The van der Waals surface area contributed by atoms with Crippen molar-refractivity contribution in [3.63, 3.8) is 0 Å². The molecule has 0 nitrogen and oxygen atoms in total. The van der Waals surface area contributed by atoms with Crippen molar-refractivity contribution < 1.29 is 13.2 Å². The van der Waals surface area contributed by atoms with Gasteiger partial charge in [0.1, 0.15) is 0 Å². The smallest absolute Gasteiger partial charge is 0.194 e. The van der Waals surface area contributed by atoms with Crippen molar-refractivity contribution in [1.82, 2.24) is 0 Å². The first kappa shape index (κ1) is 16.5. The van der Waals surface area contributed by atoms with E-state index in [1.54, 1.807) is 0 Å². The summed E-state index contributed by atoms with van der Waals surface area (Å²) in [7, 11) is 0. The molecule has 0 radical (unpaired) electrons. The van der Waals surface area contributed by atoms with Crippen LogP contribution in [0.1, 0.15) is 76.2 Å². The first-order valence-electron chi connectivity index (χ1n) is 9.64. The van der Waals surface area contributed by atoms with Gasteiger partial charge in [0.25, 0.3) is 0 Å². The fraction of sp³-hybridized carbons (Fsp3) is 0.714. The number of benzene rings is 1. The van der Waals surface area contributed by atoms with E-state index in [1.807, 2.05) is 0 Å². The highest BCUT2D eigenvalue weighted by Gasteiger charge is 2.54. The minimum Gasteiger partial charge on any atom is -0.204 e. The van der Waals surface area contributed by atoms with Crippen molar-refractivity contribution >= 4 is 0 Å². The maximum Gasteiger partial charge on any atom is 0.194 e. The topological polar surface area (TPSA) is 0 Å². The van der Waals surface area contributed by atoms with Gasteiger partial charge in [0.2, 0.25) is 0 Å². The van der Waals surface area contributed by atoms with E-state index in [2.05, 4.69) is 6.92 Å². The summed E-state index contributed by atoms with van der Waals surface area (Å²) < 4.78 is 39.9. The fourth-order valence-electron chi connectivity index (χ4n) is 5.82. The van der Waals surface area contributed by atoms with Gasteiger partial charge < -0.3 is 0 Å². The highest BCUT2D eigenvalue weighted by molar-refractivity contribution is 5.27. The third-order valence-electron chi connectivity index (χ3n) is 7.36. The zero-order valence-electron chi connectivity index (χ0n) is 14.5. The summed E-state index contributed by atoms with van der Waals surface area (Å²) in [5.74, 6) is -0.490. The molecule has 3 saturated carbocycles. The molecule has 0 N–H and O–H groups in total. The third-order valence-corrected chi connectivity index (χ3v) is 7.36. The quantitative estimate of drug-likeness (QED) is 0.546. The number of halogens is 3. The molecule has 3 fully saturated rings. The number of hydrogen-bond acceptors (Lipinski definition) is 0. The SMILES string of the molecule is CCC1CCC(C2CC3(CC(c4cc(F)c(F)c(F)c4)C3)C2)CC1. The van der Waals surface area contributed by atoms with Gasteiger partial charge in [-0.2, -0.15) is 0 Å². The van der Waals surface area contributed by atoms with Crippen LogP contribution in [0.3, 0.4) is 0 Å². The van der Waals surface area contributed by atoms with Gasteiger partial charge in [-0.05, 0) is 85.3 Å². The van der Waals surface area contributed by atoms with Gasteiger partial charge in [-0.15, -0.1) is 0 Å². The Morgan fingerprint density at radius 3 is 2.00 bits per heavy atom. The van der Waals surface area contributed by atoms with Crippen LogP contribution in [-0.4, -0.2) is 0 Å². The van der Waals surface area contributed by atoms with Gasteiger partial charge in [-0.1, -0.05) is 26.2 Å². The second kappa shape index (κ2) is 6.07. The molecule has 3 heteroatoms. The van der Waals surface area contributed by atoms with E-state index < -0.39 is 17.5 Å². The van der Waals surface area contributed by atoms with E-state index in [4.69, 9.17) is 0 Å². The molecule has 0 aromatic heterocycles. The number of rotatable bonds is 3. The van der Waals surface area contributed by atoms with E-state index in [1.165, 1.54) is 57.1 Å². The van der Waals surface area contributed by atoms with Gasteiger partial charge >= 0.3 is 0 Å². The lowest BCUT2D eigenvalue weighted by Gasteiger charge is -2.60. The minimum absolute atomic E-state index is 0.214. The molecule has 0 amide bonds. The molecule has 0 saturated heterocycles. The Balaban J connectivity index is 1.30. The largest absolute Gasteiger partial charge is 0.204 e. The van der Waals surface area contributed by atoms with Gasteiger partial charge in [-0.3, -0.25) is 0 Å². The van der Waals surface area contributed by atoms with Gasteiger partial charge in [-0.25, -0.2) is 13.2 Å². The second-order valence-electron chi connectivity index (χ2n) is 8.76. The van der Waals surface area contributed by atoms with E-state index in [-0.39, 0.29) is 5.92 Å². The molecule has 1 aromatic rings. The second-order valence-corrected chi connectivity index (χ2v) is 8.76. The van der Waals surface area contributed by atoms with E-state index >= 15 is 0 Å². The van der Waals surface area contributed by atoms with Crippen LogP contribution >= 0.6 is 0 Å². The Kier molecular flexibility index (Phi) is 4.17. The van der Waals surface area contributed by atoms with Gasteiger partial charge in [0.05, 0.1) is 0 Å². The highest BCUT2D eigenvalue weighted by atomic mass is 19.2. The van der Waals surface area contributed by atoms with Crippen molar-refractivity contribution in [2.45, 2.75) is 70.6 Å². The summed E-state index contributed by atoms with van der Waals surface area (Å²) in [5.41, 5.74) is 1.07. The van der Waals surface area contributed by atoms with Crippen LogP contribution < -0.4 is 0 Å². The summed E-state index contributed by atoms with van der Waals surface area (Å²) in [5, 5.41) is 0. The Bertz CT molecular complexity index is 579. The lowest BCUT2D eigenvalue weighted by molar-refractivity contribution is -0.0726. The Hall–Kier alpha value is -0.990. The average molecular weight is 336 g/mol. The molecule has 24 heavy (non-hydrogen) atoms. The lowest BCUT2D eigenvalue weighted by atomic mass is 9.45. The summed E-state index contributed by atoms with van der Waals surface area (Å²) in [6.07, 6.45) is 11.6. The van der Waals surface area contributed by atoms with Crippen molar-refractivity contribution in [2.75, 3.05) is 0 Å². The van der Waals surface area contributed by atoms with Gasteiger partial charge in [0.15, 0.2) is 17.5 Å². The molecule has 1 spiro atoms. The first-order chi connectivity index (χ1) is 11.5. The maximum absolute atomic E-state index is 13.4. The molecule has 0 atom stereocenters. The summed E-state index contributed by atoms with van der Waals surface area (Å²) in [6, 6.07) is 2.39. The summed E-state index contributed by atoms with van der Waals surface area (Å²) in [4.78, 5) is 0. The van der Waals surface area contributed by atoms with Crippen LogP contribution in [0.25, 0.3) is 0 Å². The van der Waals surface area contributed by atoms with Crippen LogP contribution in [0.4, 0.5) is 13.2 Å². The highest BCUT2D eigenvalue weighted by Crippen LogP contribution is 2.66. The Morgan fingerprint density at radius 2 is 1.46 bits per heavy atom. The molecular weight excluding hydrogens is 309 g/mol. The van der Waals surface area contributed by atoms with Crippen molar-refractivity contribution in [1.29, 1.82) is 0 Å². The molecule has 0 unspecified atom stereocenters. The fourth-order valence-corrected chi connectivity index (χ4v) is 5.82. The van der Waals surface area contributed by atoms with Crippen LogP contribution in [0.5, 0.6) is 0 Å². The number of hydrogen-bond donors (Lipinski definition) is 0. The van der Waals surface area contributed by atoms with Gasteiger partial charge in [0, 0.05) is 0 Å². The van der Waals surface area contributed by atoms with Crippen molar-refractivity contribution in [3.05, 3.63) is 35.1 Å².